The third kappa shape index (κ3) is 5.49. The molecule has 0 fully saturated rings. The van der Waals surface area contributed by atoms with Crippen molar-refractivity contribution in [3.8, 4) is 17.2 Å². The Kier molecular flexibility index (Phi) is 8.00. The Labute approximate surface area is 221 Å². The number of ether oxygens (including phenoxy) is 3. The van der Waals surface area contributed by atoms with E-state index in [0.29, 0.717) is 23.6 Å². The normalized spacial score (nSPS) is 13.5. The predicted octanol–water partition coefficient (Wildman–Crippen LogP) is 5.53. The SMILES string of the molecule is CCC(=O)Oc1c(OC)cc(/C=C2/C(C)=C(CC(=O)NCc3cccn3C)c3cc(F)ccc32)cc1OC. The average Bonchev–Trinajstić information content (AvgIpc) is 3.43. The molecule has 1 N–H and O–H groups in total. The first-order valence-electron chi connectivity index (χ1n) is 12.3. The van der Waals surface area contributed by atoms with Gasteiger partial charge in [0.1, 0.15) is 5.82 Å². The van der Waals surface area contributed by atoms with Crippen molar-refractivity contribution in [3.05, 3.63) is 82.4 Å². The van der Waals surface area contributed by atoms with Crippen LogP contribution >= 0.6 is 0 Å². The Morgan fingerprint density at radius 2 is 1.76 bits per heavy atom. The topological polar surface area (TPSA) is 78.8 Å². The zero-order valence-electron chi connectivity index (χ0n) is 22.2. The quantitative estimate of drug-likeness (QED) is 0.298. The third-order valence-corrected chi connectivity index (χ3v) is 6.61. The lowest BCUT2D eigenvalue weighted by molar-refractivity contribution is -0.134. The summed E-state index contributed by atoms with van der Waals surface area (Å²) in [6, 6.07) is 12.0. The number of methoxy groups -OCH3 is 2. The lowest BCUT2D eigenvalue weighted by atomic mass is 10.00. The summed E-state index contributed by atoms with van der Waals surface area (Å²) < 4.78 is 32.6. The van der Waals surface area contributed by atoms with E-state index < -0.39 is 5.97 Å². The number of halogens is 1. The number of hydrogen-bond acceptors (Lipinski definition) is 5. The molecule has 38 heavy (non-hydrogen) atoms. The van der Waals surface area contributed by atoms with Crippen LogP contribution in [0.25, 0.3) is 17.2 Å². The zero-order valence-corrected chi connectivity index (χ0v) is 22.2. The van der Waals surface area contributed by atoms with E-state index in [1.165, 1.54) is 26.4 Å². The monoisotopic (exact) mass is 518 g/mol. The van der Waals surface area contributed by atoms with Crippen molar-refractivity contribution in [1.82, 2.24) is 9.88 Å². The number of aryl methyl sites for hydroxylation is 1. The van der Waals surface area contributed by atoms with Crippen molar-refractivity contribution in [1.29, 1.82) is 0 Å². The molecule has 8 heteroatoms. The minimum Gasteiger partial charge on any atom is -0.493 e. The van der Waals surface area contributed by atoms with Gasteiger partial charge in [-0.25, -0.2) is 4.39 Å². The largest absolute Gasteiger partial charge is 0.493 e. The van der Waals surface area contributed by atoms with Crippen LogP contribution in [0.2, 0.25) is 0 Å². The van der Waals surface area contributed by atoms with Crippen molar-refractivity contribution in [2.24, 2.45) is 7.05 Å². The summed E-state index contributed by atoms with van der Waals surface area (Å²) in [5.74, 6) is -0.0316. The average molecular weight is 519 g/mol. The van der Waals surface area contributed by atoms with Crippen LogP contribution in [0, 0.1) is 5.82 Å². The molecule has 0 saturated carbocycles. The molecule has 4 rings (SSSR count). The van der Waals surface area contributed by atoms with Gasteiger partial charge in [-0.3, -0.25) is 9.59 Å². The molecule has 0 unspecified atom stereocenters. The third-order valence-electron chi connectivity index (χ3n) is 6.61. The molecule has 0 bridgehead atoms. The summed E-state index contributed by atoms with van der Waals surface area (Å²) in [6.45, 7) is 4.03. The molecule has 0 aliphatic heterocycles. The number of rotatable bonds is 9. The molecule has 0 radical (unpaired) electrons. The van der Waals surface area contributed by atoms with Gasteiger partial charge in [0.25, 0.3) is 0 Å². The van der Waals surface area contributed by atoms with Gasteiger partial charge >= 0.3 is 5.97 Å². The molecule has 7 nitrogen and oxygen atoms in total. The Hall–Kier alpha value is -4.33. The van der Waals surface area contributed by atoms with Gasteiger partial charge in [0, 0.05) is 25.4 Å². The van der Waals surface area contributed by atoms with E-state index in [4.69, 9.17) is 14.2 Å². The number of nitrogens with zero attached hydrogens (tertiary/aromatic N) is 1. The van der Waals surface area contributed by atoms with Crippen molar-refractivity contribution < 1.29 is 28.2 Å². The van der Waals surface area contributed by atoms with Crippen LogP contribution in [0.3, 0.4) is 0 Å². The van der Waals surface area contributed by atoms with Gasteiger partial charge in [-0.1, -0.05) is 13.0 Å². The number of hydrogen-bond donors (Lipinski definition) is 1. The minimum atomic E-state index is -0.409. The summed E-state index contributed by atoms with van der Waals surface area (Å²) in [5.41, 5.74) is 5.73. The Morgan fingerprint density at radius 1 is 1.05 bits per heavy atom. The second kappa shape index (κ2) is 11.4. The maximum atomic E-state index is 14.3. The van der Waals surface area contributed by atoms with E-state index in [9.17, 15) is 14.0 Å². The molecule has 2 aromatic carbocycles. The van der Waals surface area contributed by atoms with Crippen molar-refractivity contribution >= 4 is 29.1 Å². The summed E-state index contributed by atoms with van der Waals surface area (Å²) in [7, 11) is 4.89. The first kappa shape index (κ1) is 26.7. The van der Waals surface area contributed by atoms with Gasteiger partial charge in [0.15, 0.2) is 11.5 Å². The van der Waals surface area contributed by atoms with Crippen LogP contribution in [0.4, 0.5) is 4.39 Å². The first-order valence-corrected chi connectivity index (χ1v) is 12.3. The van der Waals surface area contributed by atoms with E-state index in [1.54, 1.807) is 25.1 Å². The van der Waals surface area contributed by atoms with Crippen molar-refractivity contribution in [2.75, 3.05) is 14.2 Å². The fourth-order valence-corrected chi connectivity index (χ4v) is 4.51. The number of carbonyl (C=O) groups excluding carboxylic acids is 2. The number of amides is 1. The van der Waals surface area contributed by atoms with Gasteiger partial charge in [-0.05, 0) is 82.8 Å². The highest BCUT2D eigenvalue weighted by Crippen LogP contribution is 2.45. The molecule has 1 aliphatic carbocycles. The number of nitrogens with one attached hydrogen (secondary N) is 1. The van der Waals surface area contributed by atoms with E-state index >= 15 is 0 Å². The Balaban J connectivity index is 1.70. The Bertz CT molecular complexity index is 1430. The second-order valence-corrected chi connectivity index (χ2v) is 9.00. The van der Waals surface area contributed by atoms with E-state index in [-0.39, 0.29) is 30.3 Å². The van der Waals surface area contributed by atoms with E-state index in [2.05, 4.69) is 5.32 Å². The summed E-state index contributed by atoms with van der Waals surface area (Å²) in [4.78, 5) is 24.8. The van der Waals surface area contributed by atoms with Crippen molar-refractivity contribution in [2.45, 2.75) is 33.2 Å². The van der Waals surface area contributed by atoms with Crippen LogP contribution < -0.4 is 19.5 Å². The molecule has 3 aromatic rings. The van der Waals surface area contributed by atoms with Gasteiger partial charge in [0.2, 0.25) is 11.7 Å². The van der Waals surface area contributed by atoms with Crippen LogP contribution in [-0.2, 0) is 23.2 Å². The fraction of sp³-hybridized carbons (Fsp3) is 0.267. The van der Waals surface area contributed by atoms with Gasteiger partial charge in [-0.15, -0.1) is 0 Å². The smallest absolute Gasteiger partial charge is 0.311 e. The molecule has 1 heterocycles. The molecule has 1 amide bonds. The highest BCUT2D eigenvalue weighted by molar-refractivity contribution is 6.08. The molecule has 0 saturated heterocycles. The number of aromatic nitrogens is 1. The highest BCUT2D eigenvalue weighted by Gasteiger charge is 2.26. The maximum Gasteiger partial charge on any atom is 0.311 e. The lowest BCUT2D eigenvalue weighted by Gasteiger charge is -2.14. The number of carbonyl (C=O) groups is 2. The summed E-state index contributed by atoms with van der Waals surface area (Å²) in [6.07, 6.45) is 4.17. The highest BCUT2D eigenvalue weighted by atomic mass is 19.1. The Morgan fingerprint density at radius 3 is 2.37 bits per heavy atom. The van der Waals surface area contributed by atoms with Crippen LogP contribution in [0.15, 0.2) is 54.2 Å². The molecule has 0 atom stereocenters. The standard InChI is InChI=1S/C30H31FN2O5/c1-6-29(35)38-30-26(36-4)13-19(14-27(30)37-5)12-23-18(2)24(25-15-20(31)9-10-22(23)25)16-28(34)32-17-21-8-7-11-33(21)3/h7-15H,6,16-17H2,1-5H3,(H,32,34)/b23-12-. The summed E-state index contributed by atoms with van der Waals surface area (Å²) in [5, 5.41) is 2.96. The number of esters is 1. The molecule has 198 valence electrons. The number of fused-ring (bicyclic) bond motifs is 1. The van der Waals surface area contributed by atoms with Crippen LogP contribution in [0.5, 0.6) is 17.2 Å². The molecule has 1 aliphatic rings. The second-order valence-electron chi connectivity index (χ2n) is 9.00. The molecule has 0 spiro atoms. The van der Waals surface area contributed by atoms with Gasteiger partial charge < -0.3 is 24.1 Å². The van der Waals surface area contributed by atoms with Gasteiger partial charge in [-0.2, -0.15) is 0 Å². The van der Waals surface area contributed by atoms with E-state index in [0.717, 1.165) is 33.5 Å². The fourth-order valence-electron chi connectivity index (χ4n) is 4.51. The van der Waals surface area contributed by atoms with Gasteiger partial charge in [0.05, 0.1) is 27.2 Å². The number of allylic oxidation sites excluding steroid dienone is 2. The van der Waals surface area contributed by atoms with E-state index in [1.807, 2.05) is 42.9 Å². The van der Waals surface area contributed by atoms with Crippen LogP contribution in [-0.4, -0.2) is 30.7 Å². The number of benzene rings is 2. The predicted molar refractivity (Wildman–Crippen MR) is 144 cm³/mol. The van der Waals surface area contributed by atoms with Crippen LogP contribution in [0.1, 0.15) is 49.1 Å². The molecular formula is C30H31FN2O5. The molecule has 1 aromatic heterocycles. The maximum absolute atomic E-state index is 14.3. The zero-order chi connectivity index (χ0) is 27.4. The minimum absolute atomic E-state index is 0.114. The lowest BCUT2D eigenvalue weighted by Crippen LogP contribution is -2.23. The first-order chi connectivity index (χ1) is 18.2. The van der Waals surface area contributed by atoms with Crippen molar-refractivity contribution in [3.63, 3.8) is 0 Å². The summed E-state index contributed by atoms with van der Waals surface area (Å²) >= 11 is 0. The molecular weight excluding hydrogens is 487 g/mol.